The molecule has 2 atom stereocenters. The van der Waals surface area contributed by atoms with Crippen molar-refractivity contribution in [2.45, 2.75) is 45.5 Å². The molecule has 2 N–H and O–H groups in total. The highest BCUT2D eigenvalue weighted by Gasteiger charge is 2.48. The summed E-state index contributed by atoms with van der Waals surface area (Å²) in [6.45, 7) is 5.70. The average Bonchev–Trinajstić information content (AvgIpc) is 3.29. The molecule has 2 aliphatic heterocycles. The van der Waals surface area contributed by atoms with Crippen molar-refractivity contribution in [3.8, 4) is 0 Å². The summed E-state index contributed by atoms with van der Waals surface area (Å²) in [6.07, 6.45) is -4.53. The number of hydrogen-bond donors (Lipinski definition) is 2. The second-order valence-electron chi connectivity index (χ2n) is 10.5. The fraction of sp³-hybridized carbons (Fsp3) is 0.281. The Bertz CT molecular complexity index is 1570. The first-order valence-corrected chi connectivity index (χ1v) is 13.7. The number of amides is 4. The smallest absolute Gasteiger partial charge is 0.326 e. The van der Waals surface area contributed by atoms with Crippen LogP contribution in [0.1, 0.15) is 40.8 Å². The molecule has 3 aromatic rings. The minimum absolute atomic E-state index is 0.0326. The first kappa shape index (κ1) is 28.9. The van der Waals surface area contributed by atoms with Crippen LogP contribution in [0, 0.1) is 13.8 Å². The minimum Gasteiger partial charge on any atom is -0.326 e. The molecule has 0 saturated carbocycles. The lowest BCUT2D eigenvalue weighted by Crippen LogP contribution is -2.47. The number of aryl methyl sites for hydroxylation is 2. The van der Waals surface area contributed by atoms with E-state index in [1.807, 2.05) is 56.3 Å². The molecule has 5 rings (SSSR count). The van der Waals surface area contributed by atoms with E-state index >= 15 is 0 Å². The maximum Gasteiger partial charge on any atom is 0.416 e. The van der Waals surface area contributed by atoms with Crippen molar-refractivity contribution in [3.63, 3.8) is 0 Å². The van der Waals surface area contributed by atoms with Gasteiger partial charge in [-0.25, -0.2) is 4.79 Å². The van der Waals surface area contributed by atoms with Crippen molar-refractivity contribution < 1.29 is 27.6 Å². The van der Waals surface area contributed by atoms with E-state index in [1.54, 1.807) is 13.0 Å². The highest BCUT2D eigenvalue weighted by molar-refractivity contribution is 6.05. The van der Waals surface area contributed by atoms with E-state index < -0.39 is 41.7 Å². The summed E-state index contributed by atoms with van der Waals surface area (Å²) < 4.78 is 42.0. The number of benzene rings is 3. The number of hydrogen-bond acceptors (Lipinski definition) is 3. The molecule has 0 saturated heterocycles. The molecular weight excluding hydrogens is 545 g/mol. The van der Waals surface area contributed by atoms with Crippen molar-refractivity contribution in [1.82, 2.24) is 15.1 Å². The van der Waals surface area contributed by atoms with E-state index in [0.717, 1.165) is 22.8 Å². The quantitative estimate of drug-likeness (QED) is 0.376. The summed E-state index contributed by atoms with van der Waals surface area (Å²) in [6, 6.07) is 16.7. The molecule has 0 bridgehead atoms. The predicted octanol–water partition coefficient (Wildman–Crippen LogP) is 5.75. The van der Waals surface area contributed by atoms with Crippen LogP contribution >= 0.6 is 0 Å². The summed E-state index contributed by atoms with van der Waals surface area (Å²) in [4.78, 5) is 43.8. The molecular formula is C32H31F3N4O3. The molecule has 0 fully saturated rings. The number of rotatable bonds is 7. The summed E-state index contributed by atoms with van der Waals surface area (Å²) >= 11 is 0. The van der Waals surface area contributed by atoms with E-state index in [4.69, 9.17) is 0 Å². The highest BCUT2D eigenvalue weighted by Crippen LogP contribution is 2.42. The number of alkyl halides is 3. The number of nitrogens with one attached hydrogen (secondary N) is 2. The molecule has 4 amide bonds. The Morgan fingerprint density at radius 1 is 1.00 bits per heavy atom. The Morgan fingerprint density at radius 2 is 1.69 bits per heavy atom. The van der Waals surface area contributed by atoms with Crippen LogP contribution in [0.4, 0.5) is 23.7 Å². The standard InChI is InChI=1S/C32H31F3N4O3/c1-4-38-26-18-39(30(41)27(26)28(37-31(38)42)23-12-8-9-13-24(23)32(33,34)35)25(17-21-10-6-5-7-11-21)29(40)36-22-15-14-19(2)20(3)16-22/h5-16,25,28H,4,17-18H2,1-3H3,(H,36,40)(H,37,42). The maximum atomic E-state index is 14.2. The zero-order valence-electron chi connectivity index (χ0n) is 23.5. The zero-order chi connectivity index (χ0) is 30.2. The third-order valence-electron chi connectivity index (χ3n) is 7.87. The number of anilines is 1. The lowest BCUT2D eigenvalue weighted by atomic mass is 9.91. The first-order valence-electron chi connectivity index (χ1n) is 13.7. The highest BCUT2D eigenvalue weighted by atomic mass is 19.4. The fourth-order valence-electron chi connectivity index (χ4n) is 5.57. The maximum absolute atomic E-state index is 14.2. The first-order chi connectivity index (χ1) is 20.0. The van der Waals surface area contributed by atoms with Gasteiger partial charge in [0.2, 0.25) is 5.91 Å². The van der Waals surface area contributed by atoms with Crippen LogP contribution in [-0.2, 0) is 22.2 Å². The second-order valence-corrected chi connectivity index (χ2v) is 10.5. The summed E-state index contributed by atoms with van der Waals surface area (Å²) in [5, 5.41) is 5.54. The minimum atomic E-state index is -4.70. The molecule has 0 spiro atoms. The predicted molar refractivity (Wildman–Crippen MR) is 152 cm³/mol. The topological polar surface area (TPSA) is 81.8 Å². The van der Waals surface area contributed by atoms with Gasteiger partial charge < -0.3 is 15.5 Å². The number of carbonyl (C=O) groups excluding carboxylic acids is 3. The largest absolute Gasteiger partial charge is 0.416 e. The van der Waals surface area contributed by atoms with Gasteiger partial charge in [0, 0.05) is 18.7 Å². The Hall–Kier alpha value is -4.60. The van der Waals surface area contributed by atoms with Gasteiger partial charge in [0.1, 0.15) is 6.04 Å². The summed E-state index contributed by atoms with van der Waals surface area (Å²) in [7, 11) is 0. The van der Waals surface area contributed by atoms with Gasteiger partial charge in [-0.05, 0) is 61.2 Å². The van der Waals surface area contributed by atoms with Crippen LogP contribution in [-0.4, -0.2) is 46.8 Å². The van der Waals surface area contributed by atoms with Crippen molar-refractivity contribution in [1.29, 1.82) is 0 Å². The van der Waals surface area contributed by atoms with E-state index in [-0.39, 0.29) is 30.6 Å². The SMILES string of the molecule is CCN1C(=O)NC(c2ccccc2C(F)(F)F)C2=C1CN(C(Cc1ccccc1)C(=O)Nc1ccc(C)c(C)c1)C2=O. The van der Waals surface area contributed by atoms with E-state index in [2.05, 4.69) is 10.6 Å². The van der Waals surface area contributed by atoms with Crippen molar-refractivity contribution >= 4 is 23.5 Å². The zero-order valence-corrected chi connectivity index (χ0v) is 23.5. The van der Waals surface area contributed by atoms with Crippen LogP contribution in [0.25, 0.3) is 0 Å². The van der Waals surface area contributed by atoms with E-state index in [0.29, 0.717) is 11.4 Å². The molecule has 2 aliphatic rings. The Morgan fingerprint density at radius 3 is 2.36 bits per heavy atom. The molecule has 218 valence electrons. The molecule has 0 aromatic heterocycles. The van der Waals surface area contributed by atoms with Crippen LogP contribution in [0.2, 0.25) is 0 Å². The number of likely N-dealkylation sites (N-methyl/N-ethyl adjacent to an activating group) is 1. The van der Waals surface area contributed by atoms with E-state index in [1.165, 1.54) is 28.0 Å². The molecule has 0 radical (unpaired) electrons. The average molecular weight is 577 g/mol. The summed E-state index contributed by atoms with van der Waals surface area (Å²) in [5.41, 5.74) is 2.57. The van der Waals surface area contributed by atoms with Crippen molar-refractivity contribution in [2.24, 2.45) is 0 Å². The second kappa shape index (κ2) is 11.3. The van der Waals surface area contributed by atoms with Gasteiger partial charge in [-0.15, -0.1) is 0 Å². The van der Waals surface area contributed by atoms with E-state index in [9.17, 15) is 27.6 Å². The lowest BCUT2D eigenvalue weighted by molar-refractivity contribution is -0.138. The van der Waals surface area contributed by atoms with Gasteiger partial charge in [0.25, 0.3) is 5.91 Å². The van der Waals surface area contributed by atoms with Crippen molar-refractivity contribution in [3.05, 3.63) is 112 Å². The molecule has 2 heterocycles. The molecule has 0 aliphatic carbocycles. The molecule has 42 heavy (non-hydrogen) atoms. The monoisotopic (exact) mass is 576 g/mol. The van der Waals surface area contributed by atoms with Crippen molar-refractivity contribution in [2.75, 3.05) is 18.4 Å². The number of nitrogens with zero attached hydrogens (tertiary/aromatic N) is 2. The molecule has 7 nitrogen and oxygen atoms in total. The fourth-order valence-corrected chi connectivity index (χ4v) is 5.57. The molecule has 10 heteroatoms. The van der Waals surface area contributed by atoms with Gasteiger partial charge in [0.05, 0.1) is 29.4 Å². The van der Waals surface area contributed by atoms with Gasteiger partial charge in [0.15, 0.2) is 0 Å². The van der Waals surface area contributed by atoms with Crippen LogP contribution < -0.4 is 10.6 Å². The van der Waals surface area contributed by atoms with Gasteiger partial charge in [-0.3, -0.25) is 14.5 Å². The van der Waals surface area contributed by atoms with Gasteiger partial charge in [-0.2, -0.15) is 13.2 Å². The van der Waals surface area contributed by atoms with Crippen LogP contribution in [0.5, 0.6) is 0 Å². The Labute approximate surface area is 242 Å². The van der Waals surface area contributed by atoms with Gasteiger partial charge >= 0.3 is 12.2 Å². The lowest BCUT2D eigenvalue weighted by Gasteiger charge is -2.33. The normalized spacial score (nSPS) is 17.7. The Kier molecular flexibility index (Phi) is 7.81. The molecule has 2 unspecified atom stereocenters. The van der Waals surface area contributed by atoms with Crippen LogP contribution in [0.15, 0.2) is 84.1 Å². The number of carbonyl (C=O) groups is 3. The third-order valence-corrected chi connectivity index (χ3v) is 7.87. The van der Waals surface area contributed by atoms with Gasteiger partial charge in [-0.1, -0.05) is 54.6 Å². The number of urea groups is 1. The third kappa shape index (κ3) is 5.48. The molecule has 3 aromatic carbocycles. The van der Waals surface area contributed by atoms with Crippen LogP contribution in [0.3, 0.4) is 0 Å². The summed E-state index contributed by atoms with van der Waals surface area (Å²) in [5.74, 6) is -1.04. The number of halogens is 3. The Balaban J connectivity index is 1.55.